The summed E-state index contributed by atoms with van der Waals surface area (Å²) in [5, 5.41) is 8.82. The molecule has 0 radical (unpaired) electrons. The molecule has 0 aliphatic rings. The van der Waals surface area contributed by atoms with Gasteiger partial charge in [-0.15, -0.1) is 22.8 Å². The summed E-state index contributed by atoms with van der Waals surface area (Å²) in [6.45, 7) is 0.691. The molecule has 3 aromatic rings. The van der Waals surface area contributed by atoms with Crippen molar-refractivity contribution in [3.63, 3.8) is 0 Å². The number of pyridine rings is 1. The lowest BCUT2D eigenvalue weighted by Gasteiger charge is -2.08. The molecule has 94 valence electrons. The Kier molecular flexibility index (Phi) is 3.29. The lowest BCUT2D eigenvalue weighted by Crippen LogP contribution is -2.03. The van der Waals surface area contributed by atoms with Crippen LogP contribution < -0.4 is 0 Å². The second-order valence-electron chi connectivity index (χ2n) is 4.14. The van der Waals surface area contributed by atoms with E-state index in [2.05, 4.69) is 39.9 Å². The number of nitrogens with zero attached hydrogens (tertiary/aromatic N) is 4. The number of rotatable bonds is 3. The number of benzene rings is 1. The minimum atomic E-state index is 0.600. The lowest BCUT2D eigenvalue weighted by atomic mass is 10.2. The first kappa shape index (κ1) is 11.9. The van der Waals surface area contributed by atoms with E-state index in [0.29, 0.717) is 11.7 Å². The standard InChI is InChI=1S/C14H12N4S/c19-14-17-16-13(12-7-4-8-15-9-12)18(14)10-11-5-2-1-3-6-11/h1-9H,10H2,(H,17,19). The fourth-order valence-corrected chi connectivity index (χ4v) is 2.13. The Morgan fingerprint density at radius 2 is 1.84 bits per heavy atom. The van der Waals surface area contributed by atoms with Crippen LogP contribution in [-0.4, -0.2) is 19.7 Å². The highest BCUT2D eigenvalue weighted by atomic mass is 32.1. The van der Waals surface area contributed by atoms with Crippen molar-refractivity contribution in [2.45, 2.75) is 11.7 Å². The van der Waals surface area contributed by atoms with Gasteiger partial charge in [0.25, 0.3) is 0 Å². The summed E-state index contributed by atoms with van der Waals surface area (Å²) in [6, 6.07) is 14.0. The fourth-order valence-electron chi connectivity index (χ4n) is 1.91. The zero-order valence-electron chi connectivity index (χ0n) is 10.1. The van der Waals surface area contributed by atoms with E-state index in [0.717, 1.165) is 11.4 Å². The summed E-state index contributed by atoms with van der Waals surface area (Å²) < 4.78 is 1.97. The van der Waals surface area contributed by atoms with E-state index in [1.54, 1.807) is 12.4 Å². The van der Waals surface area contributed by atoms with Gasteiger partial charge >= 0.3 is 0 Å². The van der Waals surface area contributed by atoms with Crippen LogP contribution in [0.4, 0.5) is 0 Å². The minimum Gasteiger partial charge on any atom is -0.298 e. The maximum absolute atomic E-state index is 4.37. The van der Waals surface area contributed by atoms with Crippen LogP contribution in [0.3, 0.4) is 0 Å². The maximum atomic E-state index is 4.37. The highest BCUT2D eigenvalue weighted by Crippen LogP contribution is 2.20. The zero-order chi connectivity index (χ0) is 13.1. The van der Waals surface area contributed by atoms with Gasteiger partial charge in [-0.2, -0.15) is 0 Å². The summed E-state index contributed by atoms with van der Waals surface area (Å²) in [4.78, 5) is 4.11. The molecule has 0 spiro atoms. The Labute approximate surface area is 116 Å². The second-order valence-corrected chi connectivity index (χ2v) is 4.54. The Morgan fingerprint density at radius 1 is 1.00 bits per heavy atom. The van der Waals surface area contributed by atoms with Gasteiger partial charge in [0.2, 0.25) is 0 Å². The number of hydrogen-bond acceptors (Lipinski definition) is 4. The first-order valence-electron chi connectivity index (χ1n) is 5.91. The quantitative estimate of drug-likeness (QED) is 0.743. The molecule has 0 saturated heterocycles. The van der Waals surface area contributed by atoms with E-state index in [4.69, 9.17) is 0 Å². The minimum absolute atomic E-state index is 0.600. The molecule has 1 aromatic carbocycles. The van der Waals surface area contributed by atoms with Gasteiger partial charge < -0.3 is 0 Å². The van der Waals surface area contributed by atoms with Gasteiger partial charge in [-0.25, -0.2) is 0 Å². The molecule has 0 N–H and O–H groups in total. The van der Waals surface area contributed by atoms with Gasteiger partial charge in [0.1, 0.15) is 0 Å². The molecule has 2 aromatic heterocycles. The van der Waals surface area contributed by atoms with Gasteiger partial charge in [-0.1, -0.05) is 30.3 Å². The predicted molar refractivity (Wildman–Crippen MR) is 76.0 cm³/mol. The Bertz CT molecular complexity index is 664. The average molecular weight is 268 g/mol. The molecule has 0 saturated carbocycles. The average Bonchev–Trinajstić information content (AvgIpc) is 2.82. The topological polar surface area (TPSA) is 43.6 Å². The van der Waals surface area contributed by atoms with E-state index in [1.807, 2.05) is 34.9 Å². The van der Waals surface area contributed by atoms with E-state index in [1.165, 1.54) is 5.56 Å². The second kappa shape index (κ2) is 5.24. The third-order valence-electron chi connectivity index (χ3n) is 2.83. The molecule has 0 atom stereocenters. The molecule has 0 amide bonds. The summed E-state index contributed by atoms with van der Waals surface area (Å²) in [5.41, 5.74) is 2.12. The summed E-state index contributed by atoms with van der Waals surface area (Å²) in [6.07, 6.45) is 3.52. The van der Waals surface area contributed by atoms with E-state index >= 15 is 0 Å². The molecule has 2 heterocycles. The highest BCUT2D eigenvalue weighted by molar-refractivity contribution is 7.80. The predicted octanol–water partition coefficient (Wildman–Crippen LogP) is 2.68. The Hall–Kier alpha value is -2.14. The molecule has 3 rings (SSSR count). The molecular formula is C14H12N4S. The smallest absolute Gasteiger partial charge is 0.188 e. The number of hydrogen-bond donors (Lipinski definition) is 1. The summed E-state index contributed by atoms with van der Waals surface area (Å²) >= 11 is 4.37. The zero-order valence-corrected chi connectivity index (χ0v) is 11.0. The highest BCUT2D eigenvalue weighted by Gasteiger charge is 2.11. The molecular weight excluding hydrogens is 256 g/mol. The van der Waals surface area contributed by atoms with Crippen LogP contribution >= 0.6 is 12.6 Å². The van der Waals surface area contributed by atoms with Gasteiger partial charge in [0.15, 0.2) is 11.0 Å². The Morgan fingerprint density at radius 3 is 2.58 bits per heavy atom. The SMILES string of the molecule is Sc1nnc(-c2cccnc2)n1Cc1ccccc1. The molecule has 0 fully saturated rings. The molecule has 0 bridgehead atoms. The monoisotopic (exact) mass is 268 g/mol. The van der Waals surface area contributed by atoms with Crippen LogP contribution in [-0.2, 0) is 6.54 Å². The van der Waals surface area contributed by atoms with Crippen LogP contribution in [0.5, 0.6) is 0 Å². The van der Waals surface area contributed by atoms with E-state index < -0.39 is 0 Å². The Balaban J connectivity index is 2.00. The third kappa shape index (κ3) is 2.51. The van der Waals surface area contributed by atoms with Crippen LogP contribution in [0.15, 0.2) is 60.0 Å². The van der Waals surface area contributed by atoms with E-state index in [-0.39, 0.29) is 0 Å². The first-order valence-corrected chi connectivity index (χ1v) is 6.36. The molecule has 4 nitrogen and oxygen atoms in total. The molecule has 0 aliphatic heterocycles. The van der Waals surface area contributed by atoms with Gasteiger partial charge in [-0.3, -0.25) is 9.55 Å². The first-order chi connectivity index (χ1) is 9.34. The van der Waals surface area contributed by atoms with Crippen molar-refractivity contribution in [3.05, 3.63) is 60.4 Å². The van der Waals surface area contributed by atoms with Crippen molar-refractivity contribution < 1.29 is 0 Å². The largest absolute Gasteiger partial charge is 0.298 e. The number of aromatic nitrogens is 4. The van der Waals surface area contributed by atoms with E-state index in [9.17, 15) is 0 Å². The molecule has 19 heavy (non-hydrogen) atoms. The fraction of sp³-hybridized carbons (Fsp3) is 0.0714. The molecule has 5 heteroatoms. The van der Waals surface area contributed by atoms with Crippen molar-refractivity contribution >= 4 is 12.6 Å². The normalized spacial score (nSPS) is 10.6. The van der Waals surface area contributed by atoms with Crippen molar-refractivity contribution in [2.24, 2.45) is 0 Å². The van der Waals surface area contributed by atoms with Crippen molar-refractivity contribution in [1.82, 2.24) is 19.7 Å². The van der Waals surface area contributed by atoms with Gasteiger partial charge in [0, 0.05) is 18.0 Å². The van der Waals surface area contributed by atoms with Crippen molar-refractivity contribution in [3.8, 4) is 11.4 Å². The van der Waals surface area contributed by atoms with Crippen LogP contribution in [0.25, 0.3) is 11.4 Å². The van der Waals surface area contributed by atoms with Crippen LogP contribution in [0, 0.1) is 0 Å². The van der Waals surface area contributed by atoms with Crippen molar-refractivity contribution in [2.75, 3.05) is 0 Å². The maximum Gasteiger partial charge on any atom is 0.188 e. The number of thiol groups is 1. The van der Waals surface area contributed by atoms with Gasteiger partial charge in [-0.05, 0) is 17.7 Å². The molecule has 0 unspecified atom stereocenters. The third-order valence-corrected chi connectivity index (χ3v) is 3.17. The summed E-state index contributed by atoms with van der Waals surface area (Å²) in [5.74, 6) is 0.780. The lowest BCUT2D eigenvalue weighted by molar-refractivity contribution is 0.717. The molecule has 0 aliphatic carbocycles. The van der Waals surface area contributed by atoms with Gasteiger partial charge in [0.05, 0.1) is 6.54 Å². The van der Waals surface area contributed by atoms with Crippen molar-refractivity contribution in [1.29, 1.82) is 0 Å². The van der Waals surface area contributed by atoms with Crippen LogP contribution in [0.2, 0.25) is 0 Å². The van der Waals surface area contributed by atoms with Crippen LogP contribution in [0.1, 0.15) is 5.56 Å². The summed E-state index contributed by atoms with van der Waals surface area (Å²) in [7, 11) is 0.